The van der Waals surface area contributed by atoms with E-state index in [0.29, 0.717) is 17.8 Å². The highest BCUT2D eigenvalue weighted by Crippen LogP contribution is 2.37. The molecule has 0 radical (unpaired) electrons. The average Bonchev–Trinajstić information content (AvgIpc) is 3.14. The number of ether oxygens (including phenoxy) is 2. The lowest BCUT2D eigenvalue weighted by atomic mass is 9.74. The topological polar surface area (TPSA) is 198 Å². The molecule has 0 heterocycles. The van der Waals surface area contributed by atoms with Crippen molar-refractivity contribution in [2.75, 3.05) is 27.7 Å². The first kappa shape index (κ1) is 53.0. The second kappa shape index (κ2) is 22.5. The molecule has 16 heteroatoms. The molecule has 0 fully saturated rings. The van der Waals surface area contributed by atoms with Crippen LogP contribution in [0.4, 0.5) is 4.79 Å². The van der Waals surface area contributed by atoms with Gasteiger partial charge in [0.05, 0.1) is 6.42 Å². The quantitative estimate of drug-likeness (QED) is 0.0736. The number of carbonyl (C=O) groups is 8. The molecule has 2 unspecified atom stereocenters. The summed E-state index contributed by atoms with van der Waals surface area (Å²) in [6.07, 6.45) is 8.73. The number of likely N-dealkylation sites (N-methyl/N-ethyl adjacent to an activating group) is 2. The number of aldehydes is 1. The van der Waals surface area contributed by atoms with Gasteiger partial charge in [-0.1, -0.05) is 65.8 Å². The first-order chi connectivity index (χ1) is 27.5. The van der Waals surface area contributed by atoms with Crippen LogP contribution in [0.25, 0.3) is 0 Å². The molecule has 1 rings (SSSR count). The van der Waals surface area contributed by atoms with Gasteiger partial charge < -0.3 is 34.6 Å². The summed E-state index contributed by atoms with van der Waals surface area (Å²) in [6.45, 7) is 21.1. The molecule has 2 N–H and O–H groups in total. The van der Waals surface area contributed by atoms with Crippen molar-refractivity contribution < 1.29 is 52.7 Å². The molecule has 0 saturated heterocycles. The minimum Gasteiger partial charge on any atom is -0.458 e. The lowest BCUT2D eigenvalue weighted by molar-refractivity contribution is -0.193. The zero-order valence-corrected chi connectivity index (χ0v) is 38.6. The van der Waals surface area contributed by atoms with E-state index in [1.165, 1.54) is 43.9 Å². The molecule has 0 aromatic carbocycles. The zero-order chi connectivity index (χ0) is 46.4. The first-order valence-electron chi connectivity index (χ1n) is 20.5. The Balaban J connectivity index is 3.30. The van der Waals surface area contributed by atoms with Crippen LogP contribution < -0.4 is 10.6 Å². The molecular weight excluding hydrogens is 775 g/mol. The molecule has 0 saturated carbocycles. The van der Waals surface area contributed by atoms with Crippen LogP contribution in [-0.2, 0) is 47.9 Å². The summed E-state index contributed by atoms with van der Waals surface area (Å²) >= 11 is 0. The van der Waals surface area contributed by atoms with Gasteiger partial charge in [0, 0.05) is 51.5 Å². The van der Waals surface area contributed by atoms with Crippen molar-refractivity contribution in [3.05, 3.63) is 35.5 Å². The number of nitrogens with one attached hydrogen (secondary N) is 2. The fourth-order valence-corrected chi connectivity index (χ4v) is 6.01. The standard InChI is InChI=1S/C44H71N5O11/c1-16-43(9,10)58-39(56)31(24-25-33(52)60-49(15)32(51)23-20-28-50)45-36(53)29(2)26-27-47(13)38(55)34(41(3,4)5)46-37(54)35(48(14)40(57)59-42(6,7)8)44(11,12)30-21-18-17-19-22-30/h18,21-22,26,28,31,34-35H,16-17,19-20,23-25,27H2,1-15H3,(H,45,53)(H,46,54)/b29-26+/t31?,34?,35-/m1/s1. The lowest BCUT2D eigenvalue weighted by Crippen LogP contribution is -2.61. The van der Waals surface area contributed by atoms with Gasteiger partial charge in [-0.05, 0) is 78.2 Å². The molecule has 60 heavy (non-hydrogen) atoms. The van der Waals surface area contributed by atoms with E-state index in [2.05, 4.69) is 10.6 Å². The van der Waals surface area contributed by atoms with E-state index in [-0.39, 0.29) is 37.8 Å². The van der Waals surface area contributed by atoms with Gasteiger partial charge in [0.25, 0.3) is 5.91 Å². The van der Waals surface area contributed by atoms with E-state index in [4.69, 9.17) is 14.3 Å². The van der Waals surface area contributed by atoms with Crippen LogP contribution in [0.5, 0.6) is 0 Å². The minimum absolute atomic E-state index is 0.0383. The maximum atomic E-state index is 14.4. The number of nitrogens with zero attached hydrogens (tertiary/aromatic N) is 3. The third kappa shape index (κ3) is 16.9. The summed E-state index contributed by atoms with van der Waals surface area (Å²) in [4.78, 5) is 112. The Morgan fingerprint density at radius 2 is 1.48 bits per heavy atom. The molecule has 0 spiro atoms. The number of allylic oxidation sites excluding steroid dienone is 3. The van der Waals surface area contributed by atoms with Crippen LogP contribution in [0, 0.1) is 10.8 Å². The van der Waals surface area contributed by atoms with Crippen molar-refractivity contribution >= 4 is 47.9 Å². The summed E-state index contributed by atoms with van der Waals surface area (Å²) in [6, 6.07) is -3.40. The molecule has 3 atom stereocenters. The second-order valence-corrected chi connectivity index (χ2v) is 18.4. The smallest absolute Gasteiger partial charge is 0.410 e. The van der Waals surface area contributed by atoms with Crippen molar-refractivity contribution in [2.45, 2.75) is 157 Å². The van der Waals surface area contributed by atoms with Gasteiger partial charge in [0.1, 0.15) is 35.6 Å². The van der Waals surface area contributed by atoms with Crippen molar-refractivity contribution in [1.82, 2.24) is 25.5 Å². The molecule has 0 aromatic heterocycles. The predicted octanol–water partition coefficient (Wildman–Crippen LogP) is 5.35. The second-order valence-electron chi connectivity index (χ2n) is 18.4. The van der Waals surface area contributed by atoms with Crippen LogP contribution >= 0.6 is 0 Å². The fraction of sp³-hybridized carbons (Fsp3) is 0.682. The highest BCUT2D eigenvalue weighted by atomic mass is 16.7. The Kier molecular flexibility index (Phi) is 19.9. The first-order valence-corrected chi connectivity index (χ1v) is 20.5. The van der Waals surface area contributed by atoms with E-state index in [1.54, 1.807) is 55.4 Å². The SMILES string of the molecule is CCC(C)(C)OC(=O)C(CCC(=O)ON(C)C(=O)CCC=O)NC(=O)/C(C)=C/CN(C)C(=O)C(NC(=O)[C@@H](N(C)C(=O)OC(C)(C)C)C(C)(C)C1=CCCC=C1)C(C)(C)C. The van der Waals surface area contributed by atoms with Crippen molar-refractivity contribution in [2.24, 2.45) is 10.8 Å². The third-order valence-corrected chi connectivity index (χ3v) is 10.1. The van der Waals surface area contributed by atoms with Crippen molar-refractivity contribution in [3.8, 4) is 0 Å². The van der Waals surface area contributed by atoms with Crippen LogP contribution in [0.3, 0.4) is 0 Å². The maximum absolute atomic E-state index is 14.4. The summed E-state index contributed by atoms with van der Waals surface area (Å²) in [5.74, 6) is -3.88. The fourth-order valence-electron chi connectivity index (χ4n) is 6.01. The zero-order valence-electron chi connectivity index (χ0n) is 38.6. The number of amides is 5. The van der Waals surface area contributed by atoms with Gasteiger partial charge in [0.15, 0.2) is 0 Å². The molecule has 1 aliphatic carbocycles. The van der Waals surface area contributed by atoms with Crippen LogP contribution in [-0.4, -0.2) is 120 Å². The molecular formula is C44H71N5O11. The van der Waals surface area contributed by atoms with Gasteiger partial charge in [-0.2, -0.15) is 5.06 Å². The number of carbonyl (C=O) groups excluding carboxylic acids is 8. The van der Waals surface area contributed by atoms with E-state index < -0.39 is 81.8 Å². The summed E-state index contributed by atoms with van der Waals surface area (Å²) in [5.41, 5.74) is -2.35. The maximum Gasteiger partial charge on any atom is 0.410 e. The minimum atomic E-state index is -1.27. The molecule has 338 valence electrons. The lowest BCUT2D eigenvalue weighted by Gasteiger charge is -2.42. The van der Waals surface area contributed by atoms with Crippen LogP contribution in [0.2, 0.25) is 0 Å². The highest BCUT2D eigenvalue weighted by molar-refractivity contribution is 5.96. The number of hydrogen-bond acceptors (Lipinski definition) is 11. The van der Waals surface area contributed by atoms with E-state index in [0.717, 1.165) is 18.4 Å². The summed E-state index contributed by atoms with van der Waals surface area (Å²) in [5, 5.41) is 6.28. The Bertz CT molecular complexity index is 1670. The summed E-state index contributed by atoms with van der Waals surface area (Å²) < 4.78 is 11.3. The van der Waals surface area contributed by atoms with E-state index in [9.17, 15) is 38.4 Å². The molecule has 0 aliphatic heterocycles. The largest absolute Gasteiger partial charge is 0.458 e. The Morgan fingerprint density at radius 1 is 0.867 bits per heavy atom. The van der Waals surface area contributed by atoms with Crippen molar-refractivity contribution in [3.63, 3.8) is 0 Å². The third-order valence-electron chi connectivity index (χ3n) is 10.1. The Hall–Kier alpha value is -5.02. The average molecular weight is 846 g/mol. The normalized spacial score (nSPS) is 15.0. The van der Waals surface area contributed by atoms with Crippen molar-refractivity contribution in [1.29, 1.82) is 0 Å². The number of hydroxylamine groups is 2. The number of esters is 1. The van der Waals surface area contributed by atoms with Gasteiger partial charge in [-0.25, -0.2) is 14.4 Å². The van der Waals surface area contributed by atoms with Gasteiger partial charge in [0.2, 0.25) is 17.7 Å². The number of hydrogen-bond donors (Lipinski definition) is 2. The van der Waals surface area contributed by atoms with Crippen LogP contribution in [0.15, 0.2) is 35.5 Å². The monoisotopic (exact) mass is 846 g/mol. The molecule has 0 bridgehead atoms. The highest BCUT2D eigenvalue weighted by Gasteiger charge is 2.46. The Labute approximate surface area is 356 Å². The van der Waals surface area contributed by atoms with E-state index >= 15 is 0 Å². The molecule has 16 nitrogen and oxygen atoms in total. The van der Waals surface area contributed by atoms with Gasteiger partial charge >= 0.3 is 18.0 Å². The van der Waals surface area contributed by atoms with Gasteiger partial charge in [-0.15, -0.1) is 0 Å². The van der Waals surface area contributed by atoms with Gasteiger partial charge in [-0.3, -0.25) is 24.1 Å². The predicted molar refractivity (Wildman–Crippen MR) is 227 cm³/mol. The molecule has 0 aromatic rings. The number of rotatable bonds is 19. The van der Waals surface area contributed by atoms with Crippen LogP contribution in [0.1, 0.15) is 128 Å². The summed E-state index contributed by atoms with van der Waals surface area (Å²) in [7, 11) is 4.26. The molecule has 5 amide bonds. The van der Waals surface area contributed by atoms with E-state index in [1.807, 2.05) is 39.0 Å². The Morgan fingerprint density at radius 3 is 2.00 bits per heavy atom. The molecule has 1 aliphatic rings.